The lowest BCUT2D eigenvalue weighted by Gasteiger charge is -2.27. The van der Waals surface area contributed by atoms with Crippen molar-refractivity contribution in [3.8, 4) is 17.2 Å². The highest BCUT2D eigenvalue weighted by atomic mass is 19.1. The van der Waals surface area contributed by atoms with Gasteiger partial charge < -0.3 is 29.3 Å². The summed E-state index contributed by atoms with van der Waals surface area (Å²) in [5, 5.41) is 27.7. The summed E-state index contributed by atoms with van der Waals surface area (Å²) in [5.41, 5.74) is 1.18. The van der Waals surface area contributed by atoms with Crippen LogP contribution in [0, 0.1) is 11.2 Å². The third-order valence-corrected chi connectivity index (χ3v) is 7.07. The van der Waals surface area contributed by atoms with E-state index in [1.54, 1.807) is 24.0 Å². The maximum Gasteiger partial charge on any atom is 0.197 e. The van der Waals surface area contributed by atoms with Gasteiger partial charge in [-0.25, -0.2) is 4.39 Å². The Morgan fingerprint density at radius 1 is 1.13 bits per heavy atom. The van der Waals surface area contributed by atoms with E-state index < -0.39 is 24.1 Å². The van der Waals surface area contributed by atoms with Gasteiger partial charge in [-0.3, -0.25) is 10.2 Å². The fourth-order valence-corrected chi connectivity index (χ4v) is 4.89. The highest BCUT2D eigenvalue weighted by Gasteiger charge is 2.58. The van der Waals surface area contributed by atoms with Crippen LogP contribution in [0.4, 0.5) is 4.39 Å². The first-order valence-electron chi connectivity index (χ1n) is 13.1. The van der Waals surface area contributed by atoms with Crippen LogP contribution in [0.3, 0.4) is 0 Å². The Balaban J connectivity index is 1.67. The van der Waals surface area contributed by atoms with Crippen molar-refractivity contribution in [1.82, 2.24) is 4.90 Å². The topological polar surface area (TPSA) is 112 Å². The molecule has 8 nitrogen and oxygen atoms in total. The lowest BCUT2D eigenvalue weighted by molar-refractivity contribution is 0.0535. The minimum atomic E-state index is -1.04. The number of rotatable bonds is 11. The van der Waals surface area contributed by atoms with Gasteiger partial charge in [0.2, 0.25) is 0 Å². The summed E-state index contributed by atoms with van der Waals surface area (Å²) in [7, 11) is 0. The number of Topliss-reactive ketones (excluding diaryl/α,β-unsaturated/α-hetero) is 1. The van der Waals surface area contributed by atoms with Crippen LogP contribution in [-0.2, 0) is 11.0 Å². The van der Waals surface area contributed by atoms with E-state index in [2.05, 4.69) is 0 Å². The van der Waals surface area contributed by atoms with Crippen molar-refractivity contribution < 1.29 is 33.6 Å². The second kappa shape index (κ2) is 10.5. The Morgan fingerprint density at radius 2 is 1.82 bits per heavy atom. The summed E-state index contributed by atoms with van der Waals surface area (Å²) >= 11 is 0. The summed E-state index contributed by atoms with van der Waals surface area (Å²) in [6, 6.07) is 6.99. The van der Waals surface area contributed by atoms with E-state index in [1.807, 2.05) is 39.8 Å². The molecule has 206 valence electrons. The molecule has 38 heavy (non-hydrogen) atoms. The number of halogens is 1. The Labute approximate surface area is 222 Å². The van der Waals surface area contributed by atoms with E-state index >= 15 is 4.39 Å². The zero-order chi connectivity index (χ0) is 27.8. The molecule has 1 fully saturated rings. The van der Waals surface area contributed by atoms with Crippen LogP contribution in [0.1, 0.15) is 74.5 Å². The minimum absolute atomic E-state index is 0.00781. The Bertz CT molecular complexity index is 1230. The average Bonchev–Trinajstić information content (AvgIpc) is 3.64. The molecule has 1 saturated carbocycles. The summed E-state index contributed by atoms with van der Waals surface area (Å²) < 4.78 is 32.6. The van der Waals surface area contributed by atoms with Crippen LogP contribution in [0.2, 0.25) is 0 Å². The first-order valence-corrected chi connectivity index (χ1v) is 13.1. The van der Waals surface area contributed by atoms with Gasteiger partial charge in [0, 0.05) is 5.56 Å². The number of nitrogens with one attached hydrogen (secondary N) is 1. The number of aliphatic hydroxyl groups excluding tert-OH is 2. The van der Waals surface area contributed by atoms with E-state index in [4.69, 9.17) is 24.7 Å². The zero-order valence-corrected chi connectivity index (χ0v) is 22.7. The van der Waals surface area contributed by atoms with Crippen LogP contribution in [0.15, 0.2) is 24.3 Å². The molecule has 0 saturated heterocycles. The van der Waals surface area contributed by atoms with Crippen molar-refractivity contribution in [2.24, 2.45) is 0 Å². The lowest BCUT2D eigenvalue weighted by Crippen LogP contribution is -2.38. The molecule has 1 atom stereocenters. The molecule has 1 aliphatic carbocycles. The summed E-state index contributed by atoms with van der Waals surface area (Å²) in [5.74, 6) is -0.200. The number of aliphatic hydroxyl groups is 2. The molecule has 0 amide bonds. The third-order valence-electron chi connectivity index (χ3n) is 7.07. The average molecular weight is 529 g/mol. The number of benzene rings is 2. The number of amidine groups is 1. The first kappa shape index (κ1) is 27.9. The van der Waals surface area contributed by atoms with Gasteiger partial charge in [0.25, 0.3) is 0 Å². The Kier molecular flexibility index (Phi) is 7.72. The number of fused-ring (bicyclic) bond motifs is 2. The van der Waals surface area contributed by atoms with Crippen LogP contribution in [0.5, 0.6) is 17.2 Å². The van der Waals surface area contributed by atoms with Crippen molar-refractivity contribution in [3.05, 3.63) is 52.3 Å². The molecule has 2 aliphatic rings. The van der Waals surface area contributed by atoms with E-state index in [1.165, 1.54) is 0 Å². The number of ether oxygens (including phenoxy) is 3. The van der Waals surface area contributed by atoms with Gasteiger partial charge in [0.05, 0.1) is 37.5 Å². The number of carbonyl (C=O) groups is 1. The number of carbonyl (C=O) groups excluding carboxylic acids is 1. The largest absolute Gasteiger partial charge is 0.491 e. The quantitative estimate of drug-likeness (QED) is 0.376. The number of hydrogen-bond donors (Lipinski definition) is 3. The minimum Gasteiger partial charge on any atom is -0.491 e. The second-order valence-electron chi connectivity index (χ2n) is 10.8. The smallest absolute Gasteiger partial charge is 0.197 e. The van der Waals surface area contributed by atoms with Crippen molar-refractivity contribution >= 4 is 11.6 Å². The highest BCUT2D eigenvalue weighted by molar-refractivity contribution is 6.07. The molecule has 1 spiro atoms. The fraction of sp³-hybridized carbons (Fsp3) is 0.517. The molecule has 2 aromatic carbocycles. The third kappa shape index (κ3) is 5.09. The molecular formula is C29H37FN2O6. The van der Waals surface area contributed by atoms with Crippen molar-refractivity contribution in [3.63, 3.8) is 0 Å². The van der Waals surface area contributed by atoms with Gasteiger partial charge in [-0.05, 0) is 67.5 Å². The van der Waals surface area contributed by atoms with Gasteiger partial charge in [-0.15, -0.1) is 0 Å². The second-order valence-corrected chi connectivity index (χ2v) is 10.8. The van der Waals surface area contributed by atoms with Gasteiger partial charge in [0.15, 0.2) is 23.1 Å². The molecule has 1 heterocycles. The molecule has 1 aliphatic heterocycles. The SMILES string of the molecule is CCOc1cc2c(c(F)c1OCC)C(=N)N(CC(=O)c1cc(OCC(O)CO)cc(C(C)(C)C)c1)C21CC1. The van der Waals surface area contributed by atoms with E-state index in [0.29, 0.717) is 42.1 Å². The molecule has 4 rings (SSSR count). The standard InChI is InChI=1S/C29H37FN2O6/c1-6-36-23-13-21-24(25(30)26(23)37-7-2)27(31)32(29(21)8-9-29)14-22(35)17-10-18(28(3,4)5)12-20(11-17)38-16-19(34)15-33/h10-13,19,31,33-34H,6-9,14-16H2,1-5H3. The van der Waals surface area contributed by atoms with E-state index in [-0.39, 0.29) is 48.1 Å². The molecule has 3 N–H and O–H groups in total. The zero-order valence-electron chi connectivity index (χ0n) is 22.7. The maximum absolute atomic E-state index is 15.7. The Morgan fingerprint density at radius 3 is 2.39 bits per heavy atom. The molecule has 2 aromatic rings. The fourth-order valence-electron chi connectivity index (χ4n) is 4.89. The molecule has 1 unspecified atom stereocenters. The predicted octanol–water partition coefficient (Wildman–Crippen LogP) is 4.17. The number of nitrogens with zero attached hydrogens (tertiary/aromatic N) is 1. The van der Waals surface area contributed by atoms with E-state index in [0.717, 1.165) is 5.56 Å². The lowest BCUT2D eigenvalue weighted by atomic mass is 9.85. The number of ketones is 1. The summed E-state index contributed by atoms with van der Waals surface area (Å²) in [4.78, 5) is 15.3. The highest BCUT2D eigenvalue weighted by Crippen LogP contribution is 2.58. The van der Waals surface area contributed by atoms with Gasteiger partial charge in [-0.2, -0.15) is 0 Å². The van der Waals surface area contributed by atoms with Gasteiger partial charge in [-0.1, -0.05) is 20.8 Å². The van der Waals surface area contributed by atoms with Crippen LogP contribution in [-0.4, -0.2) is 65.8 Å². The summed E-state index contributed by atoms with van der Waals surface area (Å²) in [6.45, 7) is 9.57. The predicted molar refractivity (Wildman–Crippen MR) is 141 cm³/mol. The first-order chi connectivity index (χ1) is 18.0. The van der Waals surface area contributed by atoms with Gasteiger partial charge >= 0.3 is 0 Å². The van der Waals surface area contributed by atoms with Crippen LogP contribution in [0.25, 0.3) is 0 Å². The molecule has 9 heteroatoms. The Hall–Kier alpha value is -3.17. The molecule has 0 aromatic heterocycles. The van der Waals surface area contributed by atoms with Crippen LogP contribution < -0.4 is 14.2 Å². The van der Waals surface area contributed by atoms with Crippen molar-refractivity contribution in [2.45, 2.75) is 64.5 Å². The van der Waals surface area contributed by atoms with E-state index in [9.17, 15) is 9.90 Å². The molecular weight excluding hydrogens is 491 g/mol. The van der Waals surface area contributed by atoms with Crippen LogP contribution >= 0.6 is 0 Å². The monoisotopic (exact) mass is 528 g/mol. The number of hydrogen-bond acceptors (Lipinski definition) is 7. The maximum atomic E-state index is 15.7. The normalized spacial score (nSPS) is 16.4. The van der Waals surface area contributed by atoms with Crippen molar-refractivity contribution in [2.75, 3.05) is 33.0 Å². The summed E-state index contributed by atoms with van der Waals surface area (Å²) in [6.07, 6.45) is 0.359. The molecule has 0 bridgehead atoms. The van der Waals surface area contributed by atoms with Crippen molar-refractivity contribution in [1.29, 1.82) is 5.41 Å². The molecule has 0 radical (unpaired) electrons. The van der Waals surface area contributed by atoms with Gasteiger partial charge in [0.1, 0.15) is 24.3 Å².